The summed E-state index contributed by atoms with van der Waals surface area (Å²) in [6, 6.07) is 0.156. The van der Waals surface area contributed by atoms with Gasteiger partial charge in [-0.15, -0.1) is 5.10 Å². The summed E-state index contributed by atoms with van der Waals surface area (Å²) < 4.78 is 3.79. The summed E-state index contributed by atoms with van der Waals surface area (Å²) in [5.74, 6) is 0.0145. The Morgan fingerprint density at radius 1 is 1.71 bits per heavy atom. The van der Waals surface area contributed by atoms with E-state index in [0.29, 0.717) is 17.0 Å². The van der Waals surface area contributed by atoms with Crippen LogP contribution < -0.4 is 0 Å². The van der Waals surface area contributed by atoms with E-state index in [4.69, 9.17) is 0 Å². The highest BCUT2D eigenvalue weighted by molar-refractivity contribution is 7.07. The summed E-state index contributed by atoms with van der Waals surface area (Å²) in [5.41, 5.74) is 0.697. The van der Waals surface area contributed by atoms with Crippen molar-refractivity contribution >= 4 is 17.4 Å². The molecular formula is C11H17N3O2S. The van der Waals surface area contributed by atoms with Gasteiger partial charge in [-0.2, -0.15) is 0 Å². The lowest BCUT2D eigenvalue weighted by Crippen LogP contribution is -2.37. The highest BCUT2D eigenvalue weighted by Crippen LogP contribution is 2.25. The second-order valence-electron chi connectivity index (χ2n) is 4.57. The van der Waals surface area contributed by atoms with Crippen LogP contribution in [0.15, 0.2) is 0 Å². The second kappa shape index (κ2) is 5.10. The van der Waals surface area contributed by atoms with E-state index in [2.05, 4.69) is 9.59 Å². The molecule has 0 radical (unpaired) electrons. The average molecular weight is 255 g/mol. The average Bonchev–Trinajstić information content (AvgIpc) is 2.85. The summed E-state index contributed by atoms with van der Waals surface area (Å²) >= 11 is 1.15. The fourth-order valence-electron chi connectivity index (χ4n) is 2.30. The van der Waals surface area contributed by atoms with Crippen LogP contribution in [-0.2, 0) is 0 Å². The molecule has 1 N–H and O–H groups in total. The summed E-state index contributed by atoms with van der Waals surface area (Å²) in [6.45, 7) is 4.34. The Bertz CT molecular complexity index is 405. The molecule has 1 saturated heterocycles. The Kier molecular flexibility index (Phi) is 3.73. The molecule has 0 aliphatic carbocycles. The number of hydrogen-bond acceptors (Lipinski definition) is 5. The number of hydrogen-bond donors (Lipinski definition) is 1. The lowest BCUT2D eigenvalue weighted by molar-refractivity contribution is 0.0686. The van der Waals surface area contributed by atoms with Crippen LogP contribution in [0.25, 0.3) is 0 Å². The minimum Gasteiger partial charge on any atom is -0.393 e. The van der Waals surface area contributed by atoms with E-state index in [1.807, 2.05) is 4.90 Å². The molecular weight excluding hydrogens is 238 g/mol. The van der Waals surface area contributed by atoms with Crippen LogP contribution in [0.3, 0.4) is 0 Å². The molecule has 1 aliphatic heterocycles. The van der Waals surface area contributed by atoms with Crippen molar-refractivity contribution in [1.82, 2.24) is 14.5 Å². The molecule has 1 amide bonds. The van der Waals surface area contributed by atoms with E-state index in [1.54, 1.807) is 13.8 Å². The number of carbonyl (C=O) groups excluding carboxylic acids is 1. The standard InChI is InChI=1S/C11H17N3O2S/c1-7(15)6-9-4-3-5-14(9)11(16)10-8(2)12-13-17-10/h7,9,15H,3-6H2,1-2H3. The van der Waals surface area contributed by atoms with Crippen molar-refractivity contribution in [2.45, 2.75) is 45.3 Å². The minimum absolute atomic E-state index is 0.0145. The van der Waals surface area contributed by atoms with Gasteiger partial charge in [0.25, 0.3) is 5.91 Å². The van der Waals surface area contributed by atoms with Crippen molar-refractivity contribution < 1.29 is 9.90 Å². The van der Waals surface area contributed by atoms with Gasteiger partial charge in [0.05, 0.1) is 11.8 Å². The van der Waals surface area contributed by atoms with E-state index >= 15 is 0 Å². The van der Waals surface area contributed by atoms with Gasteiger partial charge in [0.1, 0.15) is 4.88 Å². The number of rotatable bonds is 3. The van der Waals surface area contributed by atoms with Gasteiger partial charge in [-0.25, -0.2) is 0 Å². The molecule has 6 heteroatoms. The SMILES string of the molecule is Cc1nnsc1C(=O)N1CCCC1CC(C)O. The van der Waals surface area contributed by atoms with Gasteiger partial charge >= 0.3 is 0 Å². The third kappa shape index (κ3) is 2.63. The summed E-state index contributed by atoms with van der Waals surface area (Å²) in [7, 11) is 0. The van der Waals surface area contributed by atoms with E-state index < -0.39 is 0 Å². The van der Waals surface area contributed by atoms with Gasteiger partial charge in [-0.1, -0.05) is 4.49 Å². The van der Waals surface area contributed by atoms with Gasteiger partial charge in [0.2, 0.25) is 0 Å². The van der Waals surface area contributed by atoms with Crippen LogP contribution in [0, 0.1) is 6.92 Å². The molecule has 1 aromatic rings. The molecule has 1 aliphatic rings. The molecule has 2 unspecified atom stereocenters. The van der Waals surface area contributed by atoms with Crippen LogP contribution >= 0.6 is 11.5 Å². The molecule has 2 heterocycles. The van der Waals surface area contributed by atoms with Crippen molar-refractivity contribution in [1.29, 1.82) is 0 Å². The Hall–Kier alpha value is -1.01. The zero-order valence-electron chi connectivity index (χ0n) is 10.1. The lowest BCUT2D eigenvalue weighted by Gasteiger charge is -2.25. The summed E-state index contributed by atoms with van der Waals surface area (Å²) in [6.07, 6.45) is 2.27. The highest BCUT2D eigenvalue weighted by Gasteiger charge is 2.31. The normalized spacial score (nSPS) is 21.8. The molecule has 0 bridgehead atoms. The monoisotopic (exact) mass is 255 g/mol. The molecule has 2 atom stereocenters. The molecule has 0 spiro atoms. The lowest BCUT2D eigenvalue weighted by atomic mass is 10.1. The Morgan fingerprint density at radius 3 is 3.06 bits per heavy atom. The predicted molar refractivity (Wildman–Crippen MR) is 65.0 cm³/mol. The smallest absolute Gasteiger partial charge is 0.267 e. The third-order valence-electron chi connectivity index (χ3n) is 3.10. The van der Waals surface area contributed by atoms with Gasteiger partial charge in [-0.05, 0) is 44.6 Å². The van der Waals surface area contributed by atoms with Gasteiger partial charge in [0, 0.05) is 12.6 Å². The minimum atomic E-state index is -0.367. The number of likely N-dealkylation sites (tertiary alicyclic amines) is 1. The first-order valence-electron chi connectivity index (χ1n) is 5.87. The van der Waals surface area contributed by atoms with Gasteiger partial charge in [-0.3, -0.25) is 4.79 Å². The molecule has 0 aromatic carbocycles. The van der Waals surface area contributed by atoms with Crippen LogP contribution in [0.4, 0.5) is 0 Å². The van der Waals surface area contributed by atoms with Gasteiger partial charge in [0.15, 0.2) is 0 Å². The first-order valence-corrected chi connectivity index (χ1v) is 6.65. The maximum absolute atomic E-state index is 12.3. The fraction of sp³-hybridized carbons (Fsp3) is 0.727. The van der Waals surface area contributed by atoms with E-state index in [1.165, 1.54) is 0 Å². The van der Waals surface area contributed by atoms with Crippen molar-refractivity contribution in [3.8, 4) is 0 Å². The van der Waals surface area contributed by atoms with Crippen molar-refractivity contribution in [3.05, 3.63) is 10.6 Å². The number of aromatic nitrogens is 2. The molecule has 1 aromatic heterocycles. The molecule has 5 nitrogen and oxygen atoms in total. The quantitative estimate of drug-likeness (QED) is 0.882. The molecule has 94 valence electrons. The highest BCUT2D eigenvalue weighted by atomic mass is 32.1. The molecule has 17 heavy (non-hydrogen) atoms. The second-order valence-corrected chi connectivity index (χ2v) is 5.32. The van der Waals surface area contributed by atoms with E-state index in [-0.39, 0.29) is 18.1 Å². The topological polar surface area (TPSA) is 66.3 Å². The maximum Gasteiger partial charge on any atom is 0.267 e. The van der Waals surface area contributed by atoms with Crippen molar-refractivity contribution in [3.63, 3.8) is 0 Å². The largest absolute Gasteiger partial charge is 0.393 e. The van der Waals surface area contributed by atoms with Crippen LogP contribution in [0.2, 0.25) is 0 Å². The summed E-state index contributed by atoms with van der Waals surface area (Å²) in [5, 5.41) is 13.3. The predicted octanol–water partition coefficient (Wildman–Crippen LogP) is 1.22. The third-order valence-corrected chi connectivity index (χ3v) is 3.91. The first kappa shape index (κ1) is 12.4. The number of aliphatic hydroxyl groups is 1. The number of nitrogens with zero attached hydrogens (tertiary/aromatic N) is 3. The first-order chi connectivity index (χ1) is 8.09. The Labute approximate surface area is 105 Å². The summed E-state index contributed by atoms with van der Waals surface area (Å²) in [4.78, 5) is 14.8. The number of aryl methyl sites for hydroxylation is 1. The number of amides is 1. The van der Waals surface area contributed by atoms with Crippen LogP contribution in [0.5, 0.6) is 0 Å². The molecule has 0 saturated carbocycles. The van der Waals surface area contributed by atoms with E-state index in [9.17, 15) is 9.90 Å². The Morgan fingerprint density at radius 2 is 2.47 bits per heavy atom. The van der Waals surface area contributed by atoms with Gasteiger partial charge < -0.3 is 10.0 Å². The van der Waals surface area contributed by atoms with Crippen LogP contribution in [0.1, 0.15) is 41.6 Å². The van der Waals surface area contributed by atoms with Crippen molar-refractivity contribution in [2.24, 2.45) is 0 Å². The molecule has 1 fully saturated rings. The molecule has 2 rings (SSSR count). The number of aliphatic hydroxyl groups excluding tert-OH is 1. The van der Waals surface area contributed by atoms with Crippen molar-refractivity contribution in [2.75, 3.05) is 6.54 Å². The maximum atomic E-state index is 12.3. The van der Waals surface area contributed by atoms with Crippen LogP contribution in [-0.4, -0.2) is 44.2 Å². The fourth-order valence-corrected chi connectivity index (χ4v) is 2.91. The van der Waals surface area contributed by atoms with E-state index in [0.717, 1.165) is 30.9 Å². The zero-order valence-corrected chi connectivity index (χ0v) is 10.9. The Balaban J connectivity index is 2.11. The number of carbonyl (C=O) groups is 1. The zero-order chi connectivity index (χ0) is 12.4.